The SMILES string of the molecule is CCCCCCCCC=CCCCCCCCC(=O)[O-].CCCCCCCC[N+](CCCCCCCC)(CCCCCCCC)CCCCCCCC. The predicted octanol–water partition coefficient (Wildman–Crippen LogP) is 16.0. The first-order valence-corrected chi connectivity index (χ1v) is 24.7. The van der Waals surface area contributed by atoms with Crippen LogP contribution in [0.2, 0.25) is 0 Å². The molecule has 0 saturated carbocycles. The van der Waals surface area contributed by atoms with Crippen molar-refractivity contribution in [1.82, 2.24) is 0 Å². The van der Waals surface area contributed by atoms with Crippen LogP contribution in [0, 0.1) is 0 Å². The largest absolute Gasteiger partial charge is 0.550 e. The summed E-state index contributed by atoms with van der Waals surface area (Å²) in [7, 11) is 0. The second-order valence-electron chi connectivity index (χ2n) is 17.0. The first-order chi connectivity index (χ1) is 26.0. The highest BCUT2D eigenvalue weighted by Gasteiger charge is 2.25. The molecule has 0 amide bonds. The molecule has 53 heavy (non-hydrogen) atoms. The average Bonchev–Trinajstić information content (AvgIpc) is 3.15. The van der Waals surface area contributed by atoms with Gasteiger partial charge in [0, 0.05) is 5.97 Å². The van der Waals surface area contributed by atoms with E-state index in [1.807, 2.05) is 0 Å². The molecule has 3 heteroatoms. The molecule has 318 valence electrons. The molecule has 0 bridgehead atoms. The fourth-order valence-corrected chi connectivity index (χ4v) is 7.92. The van der Waals surface area contributed by atoms with Crippen LogP contribution in [-0.4, -0.2) is 36.6 Å². The molecule has 0 radical (unpaired) electrons. The Balaban J connectivity index is 0. The molecule has 0 fully saturated rings. The lowest BCUT2D eigenvalue weighted by molar-refractivity contribution is -0.929. The maximum absolute atomic E-state index is 10.2. The number of nitrogens with zero attached hydrogens (tertiary/aromatic N) is 1. The van der Waals surface area contributed by atoms with E-state index in [0.717, 1.165) is 19.3 Å². The molecule has 0 rings (SSSR count). The number of hydrogen-bond donors (Lipinski definition) is 0. The first kappa shape index (κ1) is 54.3. The van der Waals surface area contributed by atoms with Crippen molar-refractivity contribution < 1.29 is 14.4 Å². The number of quaternary nitrogens is 1. The summed E-state index contributed by atoms with van der Waals surface area (Å²) in [5.74, 6) is -0.914. The van der Waals surface area contributed by atoms with Gasteiger partial charge in [-0.2, -0.15) is 0 Å². The maximum Gasteiger partial charge on any atom is 0.0786 e. The van der Waals surface area contributed by atoms with Gasteiger partial charge in [-0.25, -0.2) is 0 Å². The zero-order valence-corrected chi connectivity index (χ0v) is 37.6. The van der Waals surface area contributed by atoms with Gasteiger partial charge in [0.25, 0.3) is 0 Å². The van der Waals surface area contributed by atoms with Gasteiger partial charge in [0.15, 0.2) is 0 Å². The van der Waals surface area contributed by atoms with Crippen molar-refractivity contribution in [1.29, 1.82) is 0 Å². The van der Waals surface area contributed by atoms with Crippen molar-refractivity contribution in [3.63, 3.8) is 0 Å². The van der Waals surface area contributed by atoms with Crippen LogP contribution >= 0.6 is 0 Å². The molecular formula is C50H101NO2. The molecule has 3 nitrogen and oxygen atoms in total. The summed E-state index contributed by atoms with van der Waals surface area (Å²) in [5, 5.41) is 10.2. The lowest BCUT2D eigenvalue weighted by Gasteiger charge is -2.40. The Labute approximate surface area is 336 Å². The normalized spacial score (nSPS) is 11.7. The van der Waals surface area contributed by atoms with E-state index in [2.05, 4.69) is 46.8 Å². The molecule has 0 aliphatic carbocycles. The number of allylic oxidation sites excluding steroid dienone is 2. The standard InChI is InChI=1S/C32H68N.C18H34O2/c1-5-9-13-17-21-25-29-33(30-26-22-18-14-10-6-2,31-27-23-19-15-11-7-3)32-28-24-20-16-12-8-4;1-2-3-4-5-6-7-8-9-10-11-12-13-14-15-16-17-18(19)20/h5-32H2,1-4H3;9-10H,2-8,11-17H2,1H3,(H,19,20)/q+1;/p-1. The van der Waals surface area contributed by atoms with Crippen LogP contribution in [-0.2, 0) is 4.79 Å². The van der Waals surface area contributed by atoms with Gasteiger partial charge in [0.1, 0.15) is 0 Å². The van der Waals surface area contributed by atoms with E-state index in [0.29, 0.717) is 0 Å². The van der Waals surface area contributed by atoms with Crippen LogP contribution in [0.15, 0.2) is 12.2 Å². The zero-order valence-electron chi connectivity index (χ0n) is 37.6. The van der Waals surface area contributed by atoms with Crippen molar-refractivity contribution in [2.45, 2.75) is 279 Å². The summed E-state index contributed by atoms with van der Waals surface area (Å²) in [4.78, 5) is 10.2. The smallest absolute Gasteiger partial charge is 0.0786 e. The Bertz CT molecular complexity index is 634. The van der Waals surface area contributed by atoms with Crippen molar-refractivity contribution in [3.8, 4) is 0 Å². The summed E-state index contributed by atoms with van der Waals surface area (Å²) in [5.41, 5.74) is 0. The van der Waals surface area contributed by atoms with Gasteiger partial charge in [-0.1, -0.05) is 201 Å². The van der Waals surface area contributed by atoms with Gasteiger partial charge >= 0.3 is 0 Å². The molecule has 0 aromatic heterocycles. The van der Waals surface area contributed by atoms with Crippen molar-refractivity contribution in [2.75, 3.05) is 26.2 Å². The van der Waals surface area contributed by atoms with E-state index in [9.17, 15) is 9.90 Å². The Morgan fingerprint density at radius 3 is 0.830 bits per heavy atom. The number of hydrogen-bond acceptors (Lipinski definition) is 2. The zero-order chi connectivity index (χ0) is 39.2. The van der Waals surface area contributed by atoms with E-state index < -0.39 is 5.97 Å². The number of unbranched alkanes of at least 4 members (excludes halogenated alkanes) is 31. The molecule has 0 atom stereocenters. The summed E-state index contributed by atoms with van der Waals surface area (Å²) >= 11 is 0. The van der Waals surface area contributed by atoms with Crippen molar-refractivity contribution in [3.05, 3.63) is 12.2 Å². The Hall–Kier alpha value is -0.830. The van der Waals surface area contributed by atoms with Crippen LogP contribution in [0.5, 0.6) is 0 Å². The number of carboxylic acid groups (broad SMARTS) is 1. The van der Waals surface area contributed by atoms with Crippen LogP contribution in [0.3, 0.4) is 0 Å². The highest BCUT2D eigenvalue weighted by atomic mass is 16.4. The summed E-state index contributed by atoms with van der Waals surface area (Å²) in [6, 6.07) is 0. The van der Waals surface area contributed by atoms with Gasteiger partial charge in [0.05, 0.1) is 26.2 Å². The van der Waals surface area contributed by atoms with Crippen molar-refractivity contribution >= 4 is 5.97 Å². The number of rotatable bonds is 43. The predicted molar refractivity (Wildman–Crippen MR) is 238 cm³/mol. The van der Waals surface area contributed by atoms with E-state index in [1.54, 1.807) is 0 Å². The Morgan fingerprint density at radius 1 is 0.340 bits per heavy atom. The molecule has 0 N–H and O–H groups in total. The van der Waals surface area contributed by atoms with Gasteiger partial charge in [0.2, 0.25) is 0 Å². The Morgan fingerprint density at radius 2 is 0.566 bits per heavy atom. The average molecular weight is 748 g/mol. The topological polar surface area (TPSA) is 40.1 Å². The maximum atomic E-state index is 10.2. The number of carbonyl (C=O) groups excluding carboxylic acids is 1. The second kappa shape index (κ2) is 47.3. The molecule has 0 aromatic rings. The summed E-state index contributed by atoms with van der Waals surface area (Å²) in [6.45, 7) is 17.5. The fourth-order valence-electron chi connectivity index (χ4n) is 7.92. The van der Waals surface area contributed by atoms with E-state index in [-0.39, 0.29) is 6.42 Å². The third-order valence-corrected chi connectivity index (χ3v) is 11.6. The van der Waals surface area contributed by atoms with E-state index in [1.165, 1.54) is 249 Å². The third kappa shape index (κ3) is 45.5. The summed E-state index contributed by atoms with van der Waals surface area (Å²) < 4.78 is 1.48. The molecule has 0 saturated heterocycles. The van der Waals surface area contributed by atoms with Crippen molar-refractivity contribution in [2.24, 2.45) is 0 Å². The minimum Gasteiger partial charge on any atom is -0.550 e. The molecule has 0 aromatic carbocycles. The molecule has 0 aliphatic heterocycles. The lowest BCUT2D eigenvalue weighted by Crippen LogP contribution is -2.50. The highest BCUT2D eigenvalue weighted by Crippen LogP contribution is 2.21. The molecule has 0 spiro atoms. The number of carboxylic acids is 1. The monoisotopic (exact) mass is 748 g/mol. The van der Waals surface area contributed by atoms with Gasteiger partial charge in [-0.3, -0.25) is 0 Å². The van der Waals surface area contributed by atoms with Crippen LogP contribution in [0.1, 0.15) is 279 Å². The minimum absolute atomic E-state index is 0.220. The van der Waals surface area contributed by atoms with Gasteiger partial charge < -0.3 is 14.4 Å². The number of carbonyl (C=O) groups is 1. The quantitative estimate of drug-likeness (QED) is 0.0354. The minimum atomic E-state index is -0.914. The van der Waals surface area contributed by atoms with E-state index >= 15 is 0 Å². The second-order valence-corrected chi connectivity index (χ2v) is 17.0. The lowest BCUT2D eigenvalue weighted by atomic mass is 10.0. The van der Waals surface area contributed by atoms with Gasteiger partial charge in [-0.15, -0.1) is 0 Å². The molecule has 0 unspecified atom stereocenters. The first-order valence-electron chi connectivity index (χ1n) is 24.7. The van der Waals surface area contributed by atoms with Gasteiger partial charge in [-0.05, 0) is 89.9 Å². The molecular weight excluding hydrogens is 647 g/mol. The fraction of sp³-hybridized carbons (Fsp3) is 0.940. The highest BCUT2D eigenvalue weighted by molar-refractivity contribution is 5.64. The number of aliphatic carboxylic acids is 1. The van der Waals surface area contributed by atoms with Crippen LogP contribution < -0.4 is 5.11 Å². The van der Waals surface area contributed by atoms with Crippen LogP contribution in [0.4, 0.5) is 0 Å². The van der Waals surface area contributed by atoms with E-state index in [4.69, 9.17) is 0 Å². The Kier molecular flexibility index (Phi) is 48.5. The molecule has 0 heterocycles. The third-order valence-electron chi connectivity index (χ3n) is 11.6. The van der Waals surface area contributed by atoms with Crippen LogP contribution in [0.25, 0.3) is 0 Å². The summed E-state index contributed by atoms with van der Waals surface area (Å²) in [6.07, 6.45) is 55.7. The molecule has 0 aliphatic rings.